The Morgan fingerprint density at radius 1 is 0.839 bits per heavy atom. The van der Waals surface area contributed by atoms with Crippen LogP contribution < -0.4 is 10.8 Å². The van der Waals surface area contributed by atoms with E-state index in [4.69, 9.17) is 5.21 Å². The van der Waals surface area contributed by atoms with Crippen LogP contribution in [0.4, 0.5) is 0 Å². The zero-order valence-corrected chi connectivity index (χ0v) is 17.9. The van der Waals surface area contributed by atoms with Crippen LogP contribution in [-0.4, -0.2) is 59.5 Å². The number of piperazine rings is 1. The van der Waals surface area contributed by atoms with E-state index in [0.717, 1.165) is 57.7 Å². The molecule has 3 N–H and O–H groups in total. The van der Waals surface area contributed by atoms with Gasteiger partial charge in [-0.05, 0) is 42.6 Å². The molecule has 0 aliphatic carbocycles. The lowest BCUT2D eigenvalue weighted by molar-refractivity contribution is -0.129. The molecule has 0 saturated carbocycles. The van der Waals surface area contributed by atoms with Crippen molar-refractivity contribution in [3.63, 3.8) is 0 Å². The topological polar surface area (TPSA) is 84.9 Å². The number of hydrogen-bond donors (Lipinski definition) is 3. The van der Waals surface area contributed by atoms with Gasteiger partial charge in [-0.15, -0.1) is 0 Å². The Kier molecular flexibility index (Phi) is 9.02. The number of carbonyl (C=O) groups excluding carboxylic acids is 2. The minimum atomic E-state index is -0.315. The monoisotopic (exact) mass is 424 g/mol. The highest BCUT2D eigenvalue weighted by Gasteiger charge is 2.17. The van der Waals surface area contributed by atoms with Gasteiger partial charge in [0.2, 0.25) is 5.91 Å². The first-order valence-electron chi connectivity index (χ1n) is 10.9. The maximum atomic E-state index is 12.4. The number of unbranched alkanes of at least 4 members (excludes halogenated alkanes) is 1. The van der Waals surface area contributed by atoms with Crippen LogP contribution in [0.15, 0.2) is 54.6 Å². The summed E-state index contributed by atoms with van der Waals surface area (Å²) in [4.78, 5) is 28.2. The molecular weight excluding hydrogens is 392 g/mol. The van der Waals surface area contributed by atoms with E-state index in [0.29, 0.717) is 18.5 Å². The van der Waals surface area contributed by atoms with Crippen LogP contribution in [0, 0.1) is 0 Å². The second-order valence-electron chi connectivity index (χ2n) is 7.98. The number of hydrogen-bond acceptors (Lipinski definition) is 5. The molecule has 2 aromatic carbocycles. The summed E-state index contributed by atoms with van der Waals surface area (Å²) in [5, 5.41) is 11.5. The lowest BCUT2D eigenvalue weighted by Gasteiger charge is -2.34. The SMILES string of the molecule is O=C(CCCCN1CCN(Cc2ccc(C(=O)NCc3ccccc3)cc2)CC1)NO. The molecule has 1 heterocycles. The number of hydroxylamine groups is 1. The van der Waals surface area contributed by atoms with Gasteiger partial charge in [-0.3, -0.25) is 19.7 Å². The van der Waals surface area contributed by atoms with Crippen molar-refractivity contribution in [3.05, 3.63) is 71.3 Å². The first kappa shape index (κ1) is 22.9. The highest BCUT2D eigenvalue weighted by Crippen LogP contribution is 2.11. The van der Waals surface area contributed by atoms with Gasteiger partial charge in [0, 0.05) is 51.3 Å². The number of nitrogens with zero attached hydrogens (tertiary/aromatic N) is 2. The lowest BCUT2D eigenvalue weighted by atomic mass is 10.1. The molecule has 0 bridgehead atoms. The van der Waals surface area contributed by atoms with Crippen molar-refractivity contribution >= 4 is 11.8 Å². The van der Waals surface area contributed by atoms with E-state index < -0.39 is 0 Å². The average Bonchev–Trinajstić information content (AvgIpc) is 2.82. The number of amides is 2. The normalized spacial score (nSPS) is 14.9. The summed E-state index contributed by atoms with van der Waals surface area (Å²) in [6, 6.07) is 17.8. The first-order valence-corrected chi connectivity index (χ1v) is 10.9. The van der Waals surface area contributed by atoms with E-state index >= 15 is 0 Å². The van der Waals surface area contributed by atoms with Crippen molar-refractivity contribution in [2.75, 3.05) is 32.7 Å². The minimum absolute atomic E-state index is 0.0551. The molecule has 0 radical (unpaired) electrons. The smallest absolute Gasteiger partial charge is 0.251 e. The van der Waals surface area contributed by atoms with Gasteiger partial charge in [-0.1, -0.05) is 42.5 Å². The Morgan fingerprint density at radius 3 is 2.19 bits per heavy atom. The first-order chi connectivity index (χ1) is 15.1. The standard InChI is InChI=1S/C24H32N4O3/c29-23(26-31)8-4-5-13-27-14-16-28(17-15-27)19-21-9-11-22(12-10-21)24(30)25-18-20-6-2-1-3-7-20/h1-3,6-7,9-12,31H,4-5,8,13-19H2,(H,25,30)(H,26,29). The molecule has 2 aromatic rings. The van der Waals surface area contributed by atoms with Gasteiger partial charge < -0.3 is 10.2 Å². The Labute approximate surface area is 184 Å². The zero-order chi connectivity index (χ0) is 21.9. The van der Waals surface area contributed by atoms with Gasteiger partial charge in [0.25, 0.3) is 5.91 Å². The quantitative estimate of drug-likeness (QED) is 0.310. The van der Waals surface area contributed by atoms with Crippen molar-refractivity contribution in [2.24, 2.45) is 0 Å². The summed E-state index contributed by atoms with van der Waals surface area (Å²) in [7, 11) is 0. The zero-order valence-electron chi connectivity index (χ0n) is 17.9. The highest BCUT2D eigenvalue weighted by molar-refractivity contribution is 5.94. The van der Waals surface area contributed by atoms with Crippen LogP contribution in [0.1, 0.15) is 40.7 Å². The molecule has 1 aliphatic heterocycles. The van der Waals surface area contributed by atoms with E-state index in [-0.39, 0.29) is 11.8 Å². The maximum Gasteiger partial charge on any atom is 0.251 e. The largest absolute Gasteiger partial charge is 0.348 e. The third-order valence-electron chi connectivity index (χ3n) is 5.64. The predicted molar refractivity (Wildman–Crippen MR) is 120 cm³/mol. The number of carbonyl (C=O) groups is 2. The second kappa shape index (κ2) is 12.2. The molecule has 1 fully saturated rings. The average molecular weight is 425 g/mol. The van der Waals surface area contributed by atoms with Gasteiger partial charge in [-0.25, -0.2) is 5.48 Å². The lowest BCUT2D eigenvalue weighted by Crippen LogP contribution is -2.46. The van der Waals surface area contributed by atoms with Crippen molar-refractivity contribution in [1.29, 1.82) is 0 Å². The third-order valence-corrected chi connectivity index (χ3v) is 5.64. The maximum absolute atomic E-state index is 12.4. The molecule has 3 rings (SSSR count). The summed E-state index contributed by atoms with van der Waals surface area (Å²) in [5.41, 5.74) is 4.65. The van der Waals surface area contributed by atoms with Crippen molar-refractivity contribution in [3.8, 4) is 0 Å². The molecule has 7 nitrogen and oxygen atoms in total. The summed E-state index contributed by atoms with van der Waals surface area (Å²) >= 11 is 0. The minimum Gasteiger partial charge on any atom is -0.348 e. The van der Waals surface area contributed by atoms with Crippen molar-refractivity contribution < 1.29 is 14.8 Å². The summed E-state index contributed by atoms with van der Waals surface area (Å²) in [5.74, 6) is -0.370. The Morgan fingerprint density at radius 2 is 1.52 bits per heavy atom. The van der Waals surface area contributed by atoms with E-state index in [1.807, 2.05) is 54.6 Å². The Bertz CT molecular complexity index is 818. The fourth-order valence-electron chi connectivity index (χ4n) is 3.75. The van der Waals surface area contributed by atoms with E-state index in [2.05, 4.69) is 15.1 Å². The van der Waals surface area contributed by atoms with E-state index in [1.54, 1.807) is 5.48 Å². The van der Waals surface area contributed by atoms with Crippen LogP contribution in [0.25, 0.3) is 0 Å². The van der Waals surface area contributed by atoms with Gasteiger partial charge in [0.1, 0.15) is 0 Å². The van der Waals surface area contributed by atoms with Crippen LogP contribution in [-0.2, 0) is 17.9 Å². The molecule has 0 spiro atoms. The van der Waals surface area contributed by atoms with Crippen LogP contribution >= 0.6 is 0 Å². The fraction of sp³-hybridized carbons (Fsp3) is 0.417. The molecule has 31 heavy (non-hydrogen) atoms. The Balaban J connectivity index is 1.35. The Hall–Kier alpha value is -2.74. The number of nitrogens with one attached hydrogen (secondary N) is 2. The van der Waals surface area contributed by atoms with Crippen LogP contribution in [0.5, 0.6) is 0 Å². The predicted octanol–water partition coefficient (Wildman–Crippen LogP) is 2.41. The fourth-order valence-corrected chi connectivity index (χ4v) is 3.75. The molecule has 1 saturated heterocycles. The van der Waals surface area contributed by atoms with Crippen molar-refractivity contribution in [2.45, 2.75) is 32.4 Å². The van der Waals surface area contributed by atoms with Crippen LogP contribution in [0.3, 0.4) is 0 Å². The van der Waals surface area contributed by atoms with E-state index in [1.165, 1.54) is 5.56 Å². The molecular formula is C24H32N4O3. The summed E-state index contributed by atoms with van der Waals surface area (Å²) in [6.07, 6.45) is 2.12. The molecule has 1 aliphatic rings. The highest BCUT2D eigenvalue weighted by atomic mass is 16.5. The molecule has 166 valence electrons. The molecule has 0 aromatic heterocycles. The summed E-state index contributed by atoms with van der Waals surface area (Å²) < 4.78 is 0. The van der Waals surface area contributed by atoms with E-state index in [9.17, 15) is 9.59 Å². The third kappa shape index (κ3) is 7.79. The van der Waals surface area contributed by atoms with Gasteiger partial charge >= 0.3 is 0 Å². The number of benzene rings is 2. The molecule has 7 heteroatoms. The molecule has 0 unspecified atom stereocenters. The summed E-state index contributed by atoms with van der Waals surface area (Å²) in [6.45, 7) is 6.46. The van der Waals surface area contributed by atoms with Crippen molar-refractivity contribution in [1.82, 2.24) is 20.6 Å². The van der Waals surface area contributed by atoms with Gasteiger partial charge in [0.15, 0.2) is 0 Å². The van der Waals surface area contributed by atoms with Gasteiger partial charge in [0.05, 0.1) is 0 Å². The number of rotatable bonds is 10. The van der Waals surface area contributed by atoms with Crippen LogP contribution in [0.2, 0.25) is 0 Å². The molecule has 0 atom stereocenters. The van der Waals surface area contributed by atoms with Gasteiger partial charge in [-0.2, -0.15) is 0 Å². The second-order valence-corrected chi connectivity index (χ2v) is 7.98. The molecule has 2 amide bonds.